The molecule has 1 aliphatic heterocycles. The molecule has 2 N–H and O–H groups in total. The van der Waals surface area contributed by atoms with Crippen molar-refractivity contribution in [2.45, 2.75) is 13.3 Å². The van der Waals surface area contributed by atoms with Crippen molar-refractivity contribution >= 4 is 18.1 Å². The van der Waals surface area contributed by atoms with Crippen LogP contribution in [0.25, 0.3) is 0 Å². The lowest BCUT2D eigenvalue weighted by Gasteiger charge is -2.12. The first-order chi connectivity index (χ1) is 4.84. The second-order valence-corrected chi connectivity index (χ2v) is 2.38. The Morgan fingerprint density at radius 1 is 1.73 bits per heavy atom. The second-order valence-electron chi connectivity index (χ2n) is 2.38. The molecule has 3 nitrogen and oxygen atoms in total. The van der Waals surface area contributed by atoms with Gasteiger partial charge in [-0.15, -0.1) is 12.4 Å². The molecule has 0 bridgehead atoms. The van der Waals surface area contributed by atoms with Crippen molar-refractivity contribution in [1.82, 2.24) is 5.32 Å². The minimum absolute atomic E-state index is 0. The highest BCUT2D eigenvalue weighted by atomic mass is 35.5. The lowest BCUT2D eigenvalue weighted by Crippen LogP contribution is -2.25. The highest BCUT2D eigenvalue weighted by Crippen LogP contribution is 2.02. The third kappa shape index (κ3) is 2.91. The van der Waals surface area contributed by atoms with Gasteiger partial charge >= 0.3 is 0 Å². The minimum atomic E-state index is 0. The molecule has 0 fully saturated rings. The maximum Gasteiger partial charge on any atom is 0.0806 e. The van der Waals surface area contributed by atoms with Gasteiger partial charge in [0.25, 0.3) is 0 Å². The van der Waals surface area contributed by atoms with Crippen LogP contribution in [-0.2, 0) is 0 Å². The summed E-state index contributed by atoms with van der Waals surface area (Å²) in [7, 11) is 0. The predicted octanol–water partition coefficient (Wildman–Crippen LogP) is 1.18. The molecular formula is C7H13ClN2O. The maximum absolute atomic E-state index is 8.41. The Kier molecular flexibility index (Phi) is 4.90. The SMILES string of the molecule is CC(=NO)C1=CCCNC1.Cl. The molecule has 0 atom stereocenters. The molecule has 4 heteroatoms. The minimum Gasteiger partial charge on any atom is -0.411 e. The fourth-order valence-corrected chi connectivity index (χ4v) is 0.984. The number of oxime groups is 1. The average molecular weight is 177 g/mol. The monoisotopic (exact) mass is 176 g/mol. The Morgan fingerprint density at radius 2 is 2.45 bits per heavy atom. The molecule has 0 saturated carbocycles. The van der Waals surface area contributed by atoms with Gasteiger partial charge in [-0.1, -0.05) is 11.2 Å². The van der Waals surface area contributed by atoms with E-state index in [-0.39, 0.29) is 12.4 Å². The first-order valence-electron chi connectivity index (χ1n) is 3.43. The molecule has 11 heavy (non-hydrogen) atoms. The molecule has 0 spiro atoms. The topological polar surface area (TPSA) is 44.6 Å². The summed E-state index contributed by atoms with van der Waals surface area (Å²) < 4.78 is 0. The molecular weight excluding hydrogens is 164 g/mol. The van der Waals surface area contributed by atoms with Crippen LogP contribution in [-0.4, -0.2) is 24.0 Å². The van der Waals surface area contributed by atoms with Crippen LogP contribution < -0.4 is 5.32 Å². The second kappa shape index (κ2) is 5.16. The summed E-state index contributed by atoms with van der Waals surface area (Å²) in [5, 5.41) is 14.7. The third-order valence-electron chi connectivity index (χ3n) is 1.64. The zero-order chi connectivity index (χ0) is 7.40. The van der Waals surface area contributed by atoms with E-state index in [1.54, 1.807) is 6.92 Å². The van der Waals surface area contributed by atoms with Crippen molar-refractivity contribution in [3.8, 4) is 0 Å². The highest BCUT2D eigenvalue weighted by Gasteiger charge is 2.04. The van der Waals surface area contributed by atoms with Crippen LogP contribution in [0.3, 0.4) is 0 Å². The van der Waals surface area contributed by atoms with E-state index in [4.69, 9.17) is 5.21 Å². The number of nitrogens with zero attached hydrogens (tertiary/aromatic N) is 1. The molecule has 0 amide bonds. The van der Waals surface area contributed by atoms with Gasteiger partial charge in [-0.2, -0.15) is 0 Å². The summed E-state index contributed by atoms with van der Waals surface area (Å²) >= 11 is 0. The summed E-state index contributed by atoms with van der Waals surface area (Å²) in [4.78, 5) is 0. The third-order valence-corrected chi connectivity index (χ3v) is 1.64. The van der Waals surface area contributed by atoms with Gasteiger partial charge in [0.05, 0.1) is 5.71 Å². The average Bonchev–Trinajstić information content (AvgIpc) is 2.05. The molecule has 1 rings (SSSR count). The van der Waals surface area contributed by atoms with Crippen molar-refractivity contribution in [3.63, 3.8) is 0 Å². The molecule has 1 heterocycles. The fourth-order valence-electron chi connectivity index (χ4n) is 0.984. The van der Waals surface area contributed by atoms with Gasteiger partial charge < -0.3 is 10.5 Å². The first kappa shape index (κ1) is 10.5. The largest absolute Gasteiger partial charge is 0.411 e. The van der Waals surface area contributed by atoms with Crippen LogP contribution in [0.4, 0.5) is 0 Å². The highest BCUT2D eigenvalue weighted by molar-refractivity contribution is 5.98. The summed E-state index contributed by atoms with van der Waals surface area (Å²) in [6, 6.07) is 0. The zero-order valence-electron chi connectivity index (χ0n) is 6.50. The van der Waals surface area contributed by atoms with E-state index in [9.17, 15) is 0 Å². The molecule has 0 aliphatic carbocycles. The molecule has 1 aliphatic rings. The smallest absolute Gasteiger partial charge is 0.0806 e. The van der Waals surface area contributed by atoms with Gasteiger partial charge in [-0.3, -0.25) is 0 Å². The summed E-state index contributed by atoms with van der Waals surface area (Å²) in [5.74, 6) is 0. The number of hydrogen-bond acceptors (Lipinski definition) is 3. The lowest BCUT2D eigenvalue weighted by molar-refractivity contribution is 0.318. The molecule has 0 aromatic heterocycles. The van der Waals surface area contributed by atoms with Crippen molar-refractivity contribution < 1.29 is 5.21 Å². The Labute approximate surface area is 72.6 Å². The van der Waals surface area contributed by atoms with Gasteiger partial charge in [-0.25, -0.2) is 0 Å². The number of nitrogens with one attached hydrogen (secondary N) is 1. The molecule has 0 aromatic carbocycles. The predicted molar refractivity (Wildman–Crippen MR) is 47.7 cm³/mol. The van der Waals surface area contributed by atoms with Crippen LogP contribution in [0.5, 0.6) is 0 Å². The van der Waals surface area contributed by atoms with Crippen LogP contribution in [0, 0.1) is 0 Å². The van der Waals surface area contributed by atoms with E-state index in [2.05, 4.69) is 16.5 Å². The van der Waals surface area contributed by atoms with E-state index in [0.29, 0.717) is 5.71 Å². The number of halogens is 1. The Hall–Kier alpha value is -0.540. The lowest BCUT2D eigenvalue weighted by atomic mass is 10.1. The van der Waals surface area contributed by atoms with Gasteiger partial charge in [0.2, 0.25) is 0 Å². The summed E-state index contributed by atoms with van der Waals surface area (Å²) in [5.41, 5.74) is 1.82. The van der Waals surface area contributed by atoms with Crippen LogP contribution in [0.15, 0.2) is 16.8 Å². The summed E-state index contributed by atoms with van der Waals surface area (Å²) in [6.07, 6.45) is 3.13. The van der Waals surface area contributed by atoms with Crippen LogP contribution in [0.2, 0.25) is 0 Å². The fraction of sp³-hybridized carbons (Fsp3) is 0.571. The van der Waals surface area contributed by atoms with E-state index in [1.165, 1.54) is 0 Å². The first-order valence-corrected chi connectivity index (χ1v) is 3.43. The number of rotatable bonds is 1. The Balaban J connectivity index is 0.000001000. The maximum atomic E-state index is 8.41. The van der Waals surface area contributed by atoms with Crippen LogP contribution >= 0.6 is 12.4 Å². The molecule has 0 radical (unpaired) electrons. The zero-order valence-corrected chi connectivity index (χ0v) is 7.32. The van der Waals surface area contributed by atoms with Crippen molar-refractivity contribution in [2.24, 2.45) is 5.16 Å². The Bertz CT molecular complexity index is 177. The normalized spacial score (nSPS) is 18.6. The number of hydrogen-bond donors (Lipinski definition) is 2. The quantitative estimate of drug-likeness (QED) is 0.358. The molecule has 0 aromatic rings. The van der Waals surface area contributed by atoms with Crippen molar-refractivity contribution in [1.29, 1.82) is 0 Å². The van der Waals surface area contributed by atoms with Gasteiger partial charge in [-0.05, 0) is 25.5 Å². The standard InChI is InChI=1S/C7H12N2O.ClH/c1-6(9-10)7-3-2-4-8-5-7;/h3,8,10H,2,4-5H2,1H3;1H. The van der Waals surface area contributed by atoms with Gasteiger partial charge in [0.1, 0.15) is 0 Å². The molecule has 0 saturated heterocycles. The van der Waals surface area contributed by atoms with E-state index >= 15 is 0 Å². The van der Waals surface area contributed by atoms with Crippen LogP contribution in [0.1, 0.15) is 13.3 Å². The van der Waals surface area contributed by atoms with E-state index in [1.807, 2.05) is 0 Å². The summed E-state index contributed by atoms with van der Waals surface area (Å²) in [6.45, 7) is 3.66. The Morgan fingerprint density at radius 3 is 2.91 bits per heavy atom. The molecule has 0 unspecified atom stereocenters. The van der Waals surface area contributed by atoms with Crippen molar-refractivity contribution in [2.75, 3.05) is 13.1 Å². The van der Waals surface area contributed by atoms with Gasteiger partial charge in [0, 0.05) is 6.54 Å². The van der Waals surface area contributed by atoms with Gasteiger partial charge in [0.15, 0.2) is 0 Å². The molecule has 64 valence electrons. The van der Waals surface area contributed by atoms with Crippen molar-refractivity contribution in [3.05, 3.63) is 11.6 Å². The van der Waals surface area contributed by atoms with E-state index < -0.39 is 0 Å². The van der Waals surface area contributed by atoms with E-state index in [0.717, 1.165) is 25.1 Å².